The number of aromatic amines is 1. The van der Waals surface area contributed by atoms with E-state index in [1.165, 1.54) is 0 Å². The molecular formula is C11H17N5. The van der Waals surface area contributed by atoms with E-state index in [1.807, 2.05) is 11.6 Å². The van der Waals surface area contributed by atoms with Crippen LogP contribution in [-0.2, 0) is 0 Å². The average molecular weight is 219 g/mol. The van der Waals surface area contributed by atoms with Gasteiger partial charge in [-0.3, -0.25) is 4.68 Å². The first-order valence-corrected chi connectivity index (χ1v) is 5.37. The summed E-state index contributed by atoms with van der Waals surface area (Å²) in [7, 11) is 0. The Morgan fingerprint density at radius 1 is 1.38 bits per heavy atom. The van der Waals surface area contributed by atoms with Crippen molar-refractivity contribution < 1.29 is 0 Å². The van der Waals surface area contributed by atoms with Crippen LogP contribution in [0.2, 0.25) is 0 Å². The summed E-state index contributed by atoms with van der Waals surface area (Å²) in [6.07, 6.45) is 1.75. The number of H-pyrrole nitrogens is 1. The van der Waals surface area contributed by atoms with Crippen molar-refractivity contribution in [3.8, 4) is 11.3 Å². The van der Waals surface area contributed by atoms with Crippen molar-refractivity contribution in [2.45, 2.75) is 33.7 Å². The summed E-state index contributed by atoms with van der Waals surface area (Å²) in [5.41, 5.74) is 9.74. The van der Waals surface area contributed by atoms with Crippen LogP contribution in [0.1, 0.15) is 31.3 Å². The van der Waals surface area contributed by atoms with Crippen molar-refractivity contribution >= 4 is 5.95 Å². The molecule has 16 heavy (non-hydrogen) atoms. The summed E-state index contributed by atoms with van der Waals surface area (Å²) in [6.45, 7) is 8.29. The van der Waals surface area contributed by atoms with Gasteiger partial charge in [0.2, 0.25) is 0 Å². The van der Waals surface area contributed by atoms with Gasteiger partial charge < -0.3 is 10.7 Å². The highest BCUT2D eigenvalue weighted by Crippen LogP contribution is 2.27. The molecule has 0 spiro atoms. The Morgan fingerprint density at radius 2 is 2.06 bits per heavy atom. The Labute approximate surface area is 94.7 Å². The predicted molar refractivity (Wildman–Crippen MR) is 64.1 cm³/mol. The minimum absolute atomic E-state index is 0.354. The number of rotatable bonds is 2. The average Bonchev–Trinajstić information content (AvgIpc) is 2.71. The Morgan fingerprint density at radius 3 is 2.50 bits per heavy atom. The largest absolute Gasteiger partial charge is 0.369 e. The van der Waals surface area contributed by atoms with Crippen LogP contribution in [0.25, 0.3) is 11.3 Å². The fourth-order valence-electron chi connectivity index (χ4n) is 2.02. The van der Waals surface area contributed by atoms with Gasteiger partial charge in [0.15, 0.2) is 5.95 Å². The van der Waals surface area contributed by atoms with E-state index in [4.69, 9.17) is 5.73 Å². The summed E-state index contributed by atoms with van der Waals surface area (Å²) >= 11 is 0. The Bertz CT molecular complexity index is 506. The van der Waals surface area contributed by atoms with Gasteiger partial charge >= 0.3 is 0 Å². The molecular weight excluding hydrogens is 202 g/mol. The maximum atomic E-state index is 5.59. The third kappa shape index (κ3) is 1.58. The van der Waals surface area contributed by atoms with E-state index in [1.54, 1.807) is 6.20 Å². The van der Waals surface area contributed by atoms with Crippen LogP contribution in [0.5, 0.6) is 0 Å². The van der Waals surface area contributed by atoms with Crippen molar-refractivity contribution in [3.63, 3.8) is 0 Å². The molecule has 0 saturated heterocycles. The highest BCUT2D eigenvalue weighted by molar-refractivity contribution is 5.65. The molecule has 0 aliphatic heterocycles. The van der Waals surface area contributed by atoms with Gasteiger partial charge in [0, 0.05) is 17.3 Å². The number of imidazole rings is 1. The molecule has 2 aromatic rings. The van der Waals surface area contributed by atoms with Crippen molar-refractivity contribution in [3.05, 3.63) is 17.6 Å². The molecule has 2 heterocycles. The smallest absolute Gasteiger partial charge is 0.197 e. The summed E-state index contributed by atoms with van der Waals surface area (Å²) in [6, 6.07) is 0.354. The monoisotopic (exact) mass is 219 g/mol. The van der Waals surface area contributed by atoms with Crippen LogP contribution in [0.4, 0.5) is 5.95 Å². The Balaban J connectivity index is 2.57. The van der Waals surface area contributed by atoms with E-state index in [0.29, 0.717) is 12.0 Å². The molecule has 0 aromatic carbocycles. The number of aryl methyl sites for hydroxylation is 1. The maximum absolute atomic E-state index is 5.59. The number of nitrogens with one attached hydrogen (secondary N) is 1. The lowest BCUT2D eigenvalue weighted by Gasteiger charge is -2.07. The van der Waals surface area contributed by atoms with Crippen molar-refractivity contribution in [1.29, 1.82) is 0 Å². The molecule has 0 aliphatic carbocycles. The minimum atomic E-state index is 0.354. The number of nitrogens with zero attached hydrogens (tertiary/aromatic N) is 3. The normalized spacial score (nSPS) is 11.3. The summed E-state index contributed by atoms with van der Waals surface area (Å²) < 4.78 is 2.02. The lowest BCUT2D eigenvalue weighted by atomic mass is 10.1. The highest BCUT2D eigenvalue weighted by atomic mass is 15.3. The van der Waals surface area contributed by atoms with Gasteiger partial charge in [0.1, 0.15) is 0 Å². The molecule has 0 saturated carbocycles. The number of hydrogen-bond acceptors (Lipinski definition) is 3. The lowest BCUT2D eigenvalue weighted by Crippen LogP contribution is -2.04. The van der Waals surface area contributed by atoms with Crippen LogP contribution in [0.3, 0.4) is 0 Å². The lowest BCUT2D eigenvalue weighted by molar-refractivity contribution is 0.516. The summed E-state index contributed by atoms with van der Waals surface area (Å²) in [5.74, 6) is 0.436. The van der Waals surface area contributed by atoms with Crippen molar-refractivity contribution in [2.24, 2.45) is 0 Å². The van der Waals surface area contributed by atoms with Gasteiger partial charge in [-0.2, -0.15) is 5.10 Å². The van der Waals surface area contributed by atoms with E-state index in [9.17, 15) is 0 Å². The number of hydrogen-bond donors (Lipinski definition) is 2. The first-order chi connectivity index (χ1) is 7.50. The molecule has 5 nitrogen and oxygen atoms in total. The fourth-order valence-corrected chi connectivity index (χ4v) is 2.02. The molecule has 0 atom stereocenters. The van der Waals surface area contributed by atoms with E-state index < -0.39 is 0 Å². The summed E-state index contributed by atoms with van der Waals surface area (Å²) in [4.78, 5) is 7.05. The van der Waals surface area contributed by atoms with Crippen molar-refractivity contribution in [1.82, 2.24) is 19.7 Å². The second-order valence-electron chi connectivity index (χ2n) is 4.27. The summed E-state index contributed by atoms with van der Waals surface area (Å²) in [5, 5.41) is 4.52. The number of nitrogen functional groups attached to an aromatic ring is 1. The molecule has 2 rings (SSSR count). The zero-order valence-electron chi connectivity index (χ0n) is 10.1. The fraction of sp³-hybridized carbons (Fsp3) is 0.455. The molecule has 0 unspecified atom stereocenters. The van der Waals surface area contributed by atoms with Gasteiger partial charge in [-0.1, -0.05) is 0 Å². The predicted octanol–water partition coefficient (Wildman–Crippen LogP) is 2.05. The molecule has 3 N–H and O–H groups in total. The van der Waals surface area contributed by atoms with Gasteiger partial charge in [0.25, 0.3) is 0 Å². The second-order valence-corrected chi connectivity index (χ2v) is 4.27. The molecule has 0 fully saturated rings. The molecule has 0 radical (unpaired) electrons. The van der Waals surface area contributed by atoms with Crippen LogP contribution in [0, 0.1) is 13.8 Å². The van der Waals surface area contributed by atoms with Crippen LogP contribution >= 0.6 is 0 Å². The quantitative estimate of drug-likeness (QED) is 0.812. The van der Waals surface area contributed by atoms with Crippen molar-refractivity contribution in [2.75, 3.05) is 5.73 Å². The van der Waals surface area contributed by atoms with E-state index in [2.05, 4.69) is 35.8 Å². The molecule has 5 heteroatoms. The van der Waals surface area contributed by atoms with E-state index in [-0.39, 0.29) is 0 Å². The minimum Gasteiger partial charge on any atom is -0.369 e. The third-order valence-corrected chi connectivity index (χ3v) is 2.68. The van der Waals surface area contributed by atoms with Gasteiger partial charge in [-0.25, -0.2) is 4.98 Å². The standard InChI is InChI=1S/C11H17N5/c1-6(2)16-8(4)10(7(3)15-16)9-5-13-11(12)14-9/h5-6H,1-4H3,(H3,12,13,14). The molecule has 86 valence electrons. The first kappa shape index (κ1) is 10.7. The van der Waals surface area contributed by atoms with Crippen LogP contribution < -0.4 is 5.73 Å². The number of anilines is 1. The zero-order valence-corrected chi connectivity index (χ0v) is 10.1. The third-order valence-electron chi connectivity index (χ3n) is 2.68. The number of aromatic nitrogens is 4. The molecule has 0 aliphatic rings. The SMILES string of the molecule is Cc1nn(C(C)C)c(C)c1-c1cnc(N)[nH]1. The van der Waals surface area contributed by atoms with E-state index in [0.717, 1.165) is 22.6 Å². The molecule has 2 aromatic heterocycles. The molecule has 0 amide bonds. The van der Waals surface area contributed by atoms with Gasteiger partial charge in [-0.05, 0) is 27.7 Å². The first-order valence-electron chi connectivity index (χ1n) is 5.37. The van der Waals surface area contributed by atoms with E-state index >= 15 is 0 Å². The van der Waals surface area contributed by atoms with Gasteiger partial charge in [0.05, 0.1) is 17.6 Å². The van der Waals surface area contributed by atoms with Gasteiger partial charge in [-0.15, -0.1) is 0 Å². The highest BCUT2D eigenvalue weighted by Gasteiger charge is 2.16. The Kier molecular flexibility index (Phi) is 2.46. The second kappa shape index (κ2) is 3.66. The van der Waals surface area contributed by atoms with Crippen LogP contribution in [-0.4, -0.2) is 19.7 Å². The van der Waals surface area contributed by atoms with Crippen LogP contribution in [0.15, 0.2) is 6.20 Å². The topological polar surface area (TPSA) is 72.5 Å². The zero-order chi connectivity index (χ0) is 11.9. The maximum Gasteiger partial charge on any atom is 0.197 e. The molecule has 0 bridgehead atoms. The number of nitrogens with two attached hydrogens (primary N) is 1. The Hall–Kier alpha value is -1.78.